The van der Waals surface area contributed by atoms with Crippen LogP contribution in [-0.4, -0.2) is 26.0 Å². The molecule has 0 atom stereocenters. The number of benzene rings is 1. The number of halogens is 2. The van der Waals surface area contributed by atoms with Gasteiger partial charge in [0.1, 0.15) is 17.5 Å². The summed E-state index contributed by atoms with van der Waals surface area (Å²) >= 11 is 0. The van der Waals surface area contributed by atoms with Gasteiger partial charge in [-0.25, -0.2) is 23.5 Å². The molecule has 7 heteroatoms. The minimum Gasteiger partial charge on any atom is -0.478 e. The van der Waals surface area contributed by atoms with Crippen molar-refractivity contribution in [2.75, 3.05) is 0 Å². The maximum Gasteiger partial charge on any atom is 0.337 e. The van der Waals surface area contributed by atoms with E-state index in [1.165, 1.54) is 24.4 Å². The van der Waals surface area contributed by atoms with Crippen molar-refractivity contribution >= 4 is 17.1 Å². The Hall–Kier alpha value is -2.83. The zero-order valence-corrected chi connectivity index (χ0v) is 10.6. The van der Waals surface area contributed by atoms with Crippen LogP contribution in [0.4, 0.5) is 8.78 Å². The number of hydrogen-bond acceptors (Lipinski definition) is 3. The fourth-order valence-electron chi connectivity index (χ4n) is 2.00. The maximum absolute atomic E-state index is 13.6. The Morgan fingerprint density at radius 1 is 1.29 bits per heavy atom. The number of H-pyrrole nitrogens is 1. The highest BCUT2D eigenvalue weighted by Gasteiger charge is 2.11. The predicted molar refractivity (Wildman–Crippen MR) is 70.0 cm³/mol. The monoisotopic (exact) mass is 289 g/mol. The third-order valence-corrected chi connectivity index (χ3v) is 3.01. The number of pyridine rings is 1. The molecule has 0 unspecified atom stereocenters. The SMILES string of the molecule is O=C(O)c1cnc2nc(Cc3ccc(F)cc3F)[nH]c2c1. The van der Waals surface area contributed by atoms with E-state index in [-0.39, 0.29) is 17.5 Å². The zero-order valence-electron chi connectivity index (χ0n) is 10.6. The topological polar surface area (TPSA) is 78.9 Å². The minimum atomic E-state index is -1.09. The molecule has 0 spiro atoms. The Labute approximate surface area is 117 Å². The molecule has 0 aliphatic carbocycles. The van der Waals surface area contributed by atoms with Crippen LogP contribution in [0.5, 0.6) is 0 Å². The van der Waals surface area contributed by atoms with E-state index in [1.807, 2.05) is 0 Å². The number of carboxylic acid groups (broad SMARTS) is 1. The normalized spacial score (nSPS) is 11.0. The molecule has 0 saturated heterocycles. The molecule has 0 fully saturated rings. The van der Waals surface area contributed by atoms with E-state index in [1.54, 1.807) is 0 Å². The number of imidazole rings is 1. The highest BCUT2D eigenvalue weighted by atomic mass is 19.1. The molecule has 106 valence electrons. The quantitative estimate of drug-likeness (QED) is 0.776. The number of carbonyl (C=O) groups is 1. The van der Waals surface area contributed by atoms with Gasteiger partial charge in [0.2, 0.25) is 0 Å². The van der Waals surface area contributed by atoms with Gasteiger partial charge in [0.25, 0.3) is 0 Å². The van der Waals surface area contributed by atoms with Gasteiger partial charge in [-0.3, -0.25) is 0 Å². The van der Waals surface area contributed by atoms with Crippen LogP contribution in [-0.2, 0) is 6.42 Å². The van der Waals surface area contributed by atoms with E-state index in [0.29, 0.717) is 17.0 Å². The van der Waals surface area contributed by atoms with Crippen molar-refractivity contribution in [2.45, 2.75) is 6.42 Å². The summed E-state index contributed by atoms with van der Waals surface area (Å²) < 4.78 is 26.4. The van der Waals surface area contributed by atoms with Gasteiger partial charge in [0.15, 0.2) is 5.65 Å². The summed E-state index contributed by atoms with van der Waals surface area (Å²) in [5, 5.41) is 8.89. The summed E-state index contributed by atoms with van der Waals surface area (Å²) in [6.45, 7) is 0. The highest BCUT2D eigenvalue weighted by molar-refractivity contribution is 5.90. The van der Waals surface area contributed by atoms with Crippen molar-refractivity contribution < 1.29 is 18.7 Å². The molecule has 2 aromatic heterocycles. The molecule has 0 saturated carbocycles. The number of nitrogens with zero attached hydrogens (tertiary/aromatic N) is 2. The smallest absolute Gasteiger partial charge is 0.337 e. The first-order chi connectivity index (χ1) is 10.0. The predicted octanol–water partition coefficient (Wildman–Crippen LogP) is 2.53. The molecule has 0 radical (unpaired) electrons. The number of fused-ring (bicyclic) bond motifs is 1. The lowest BCUT2D eigenvalue weighted by Crippen LogP contribution is -1.96. The van der Waals surface area contributed by atoms with Crippen LogP contribution in [0, 0.1) is 11.6 Å². The van der Waals surface area contributed by atoms with Gasteiger partial charge in [-0.2, -0.15) is 0 Å². The summed E-state index contributed by atoms with van der Waals surface area (Å²) in [6, 6.07) is 4.72. The fraction of sp³-hybridized carbons (Fsp3) is 0.0714. The van der Waals surface area contributed by atoms with Crippen LogP contribution in [0.3, 0.4) is 0 Å². The van der Waals surface area contributed by atoms with Gasteiger partial charge in [0.05, 0.1) is 11.1 Å². The van der Waals surface area contributed by atoms with Crippen molar-refractivity contribution in [1.29, 1.82) is 0 Å². The first-order valence-electron chi connectivity index (χ1n) is 6.05. The number of aromatic carboxylic acids is 1. The molecule has 5 nitrogen and oxygen atoms in total. The number of aromatic nitrogens is 3. The van der Waals surface area contributed by atoms with Gasteiger partial charge in [-0.15, -0.1) is 0 Å². The Balaban J connectivity index is 1.95. The lowest BCUT2D eigenvalue weighted by atomic mass is 10.1. The van der Waals surface area contributed by atoms with Crippen LogP contribution >= 0.6 is 0 Å². The summed E-state index contributed by atoms with van der Waals surface area (Å²) in [5.74, 6) is -1.97. The van der Waals surface area contributed by atoms with Crippen molar-refractivity contribution in [3.63, 3.8) is 0 Å². The van der Waals surface area contributed by atoms with Crippen molar-refractivity contribution in [2.24, 2.45) is 0 Å². The summed E-state index contributed by atoms with van der Waals surface area (Å²) in [4.78, 5) is 21.8. The van der Waals surface area contributed by atoms with E-state index in [9.17, 15) is 13.6 Å². The van der Waals surface area contributed by atoms with Crippen molar-refractivity contribution in [3.05, 3.63) is 59.0 Å². The molecule has 0 bridgehead atoms. The Kier molecular flexibility index (Phi) is 3.09. The van der Waals surface area contributed by atoms with E-state index in [2.05, 4.69) is 15.0 Å². The van der Waals surface area contributed by atoms with Crippen molar-refractivity contribution in [1.82, 2.24) is 15.0 Å². The van der Waals surface area contributed by atoms with Crippen molar-refractivity contribution in [3.8, 4) is 0 Å². The second kappa shape index (κ2) is 4.93. The highest BCUT2D eigenvalue weighted by Crippen LogP contribution is 2.16. The first kappa shape index (κ1) is 13.2. The van der Waals surface area contributed by atoms with Gasteiger partial charge in [0, 0.05) is 18.7 Å². The van der Waals surface area contributed by atoms with E-state index in [4.69, 9.17) is 5.11 Å². The molecule has 3 rings (SSSR count). The summed E-state index contributed by atoms with van der Waals surface area (Å²) in [6.07, 6.45) is 1.33. The second-order valence-corrected chi connectivity index (χ2v) is 4.50. The summed E-state index contributed by atoms with van der Waals surface area (Å²) in [7, 11) is 0. The molecular formula is C14H9F2N3O2. The molecular weight excluding hydrogens is 280 g/mol. The fourth-order valence-corrected chi connectivity index (χ4v) is 2.00. The third kappa shape index (κ3) is 2.58. The number of carboxylic acids is 1. The Bertz CT molecular complexity index is 845. The lowest BCUT2D eigenvalue weighted by Gasteiger charge is -2.00. The van der Waals surface area contributed by atoms with Crippen LogP contribution in [0.15, 0.2) is 30.5 Å². The van der Waals surface area contributed by atoms with Gasteiger partial charge >= 0.3 is 5.97 Å². The first-order valence-corrected chi connectivity index (χ1v) is 6.05. The van der Waals surface area contributed by atoms with E-state index >= 15 is 0 Å². The maximum atomic E-state index is 13.6. The molecule has 2 heterocycles. The van der Waals surface area contributed by atoms with Crippen LogP contribution in [0.25, 0.3) is 11.2 Å². The second-order valence-electron chi connectivity index (χ2n) is 4.50. The summed E-state index contributed by atoms with van der Waals surface area (Å²) in [5.41, 5.74) is 1.12. The minimum absolute atomic E-state index is 0.0330. The Morgan fingerprint density at radius 3 is 2.81 bits per heavy atom. The third-order valence-electron chi connectivity index (χ3n) is 3.01. The molecule has 3 aromatic rings. The zero-order chi connectivity index (χ0) is 15.0. The van der Waals surface area contributed by atoms with Crippen LogP contribution in [0.2, 0.25) is 0 Å². The number of rotatable bonds is 3. The number of hydrogen-bond donors (Lipinski definition) is 2. The number of nitrogens with one attached hydrogen (secondary N) is 1. The molecule has 21 heavy (non-hydrogen) atoms. The van der Waals surface area contributed by atoms with E-state index in [0.717, 1.165) is 6.07 Å². The van der Waals surface area contributed by atoms with Gasteiger partial charge in [-0.05, 0) is 17.7 Å². The molecule has 2 N–H and O–H groups in total. The van der Waals surface area contributed by atoms with Crippen LogP contribution in [0.1, 0.15) is 21.7 Å². The Morgan fingerprint density at radius 2 is 2.10 bits per heavy atom. The van der Waals surface area contributed by atoms with E-state index < -0.39 is 17.6 Å². The average molecular weight is 289 g/mol. The molecule has 0 amide bonds. The van der Waals surface area contributed by atoms with Gasteiger partial charge < -0.3 is 10.1 Å². The standard InChI is InChI=1S/C14H9F2N3O2/c15-9-2-1-7(10(16)5-9)4-12-18-11-3-8(14(20)21)6-17-13(11)19-12/h1-3,5-6H,4H2,(H,20,21)(H,17,18,19). The average Bonchev–Trinajstić information content (AvgIpc) is 2.83. The van der Waals surface area contributed by atoms with Gasteiger partial charge in [-0.1, -0.05) is 6.07 Å². The molecule has 1 aromatic carbocycles. The number of aromatic amines is 1. The largest absolute Gasteiger partial charge is 0.478 e. The van der Waals surface area contributed by atoms with Crippen LogP contribution < -0.4 is 0 Å². The lowest BCUT2D eigenvalue weighted by molar-refractivity contribution is 0.0696. The molecule has 0 aliphatic heterocycles. The molecule has 0 aliphatic rings.